The van der Waals surface area contributed by atoms with Gasteiger partial charge in [-0.15, -0.1) is 0 Å². The minimum absolute atomic E-state index is 0.147. The zero-order chi connectivity index (χ0) is 21.2. The van der Waals surface area contributed by atoms with E-state index in [9.17, 15) is 19.2 Å². The molecule has 154 valence electrons. The number of likely N-dealkylation sites (tertiary alicyclic amines) is 1. The van der Waals surface area contributed by atoms with E-state index in [0.29, 0.717) is 28.3 Å². The molecule has 0 saturated carbocycles. The highest BCUT2D eigenvalue weighted by atomic mass is 35.5. The summed E-state index contributed by atoms with van der Waals surface area (Å²) in [6.45, 7) is 5.46. The van der Waals surface area contributed by atoms with Gasteiger partial charge in [0.15, 0.2) is 0 Å². The average molecular weight is 419 g/mol. The molecular weight excluding hydrogens is 396 g/mol. The Hall–Kier alpha value is -2.45. The van der Waals surface area contributed by atoms with Crippen LogP contribution in [0.4, 0.5) is 5.69 Å². The van der Waals surface area contributed by atoms with Crippen LogP contribution >= 0.6 is 11.6 Å². The number of anilines is 1. The van der Waals surface area contributed by atoms with Crippen LogP contribution in [0.15, 0.2) is 12.1 Å². The highest BCUT2D eigenvalue weighted by molar-refractivity contribution is 6.32. The maximum absolute atomic E-state index is 13.4. The summed E-state index contributed by atoms with van der Waals surface area (Å²) in [4.78, 5) is 52.9. The van der Waals surface area contributed by atoms with Crippen LogP contribution in [0.1, 0.15) is 37.8 Å². The molecule has 1 aromatic carbocycles. The van der Waals surface area contributed by atoms with Crippen LogP contribution in [0.3, 0.4) is 0 Å². The third kappa shape index (κ3) is 2.48. The molecule has 2 saturated heterocycles. The zero-order valence-electron chi connectivity index (χ0n) is 16.4. The van der Waals surface area contributed by atoms with Gasteiger partial charge >= 0.3 is 0 Å². The number of nitrogens with two attached hydrogens (primary N) is 1. The Bertz CT molecular complexity index is 964. The second-order valence-corrected chi connectivity index (χ2v) is 8.49. The van der Waals surface area contributed by atoms with Crippen molar-refractivity contribution in [1.29, 1.82) is 0 Å². The zero-order valence-corrected chi connectivity index (χ0v) is 17.2. The molecule has 0 aromatic heterocycles. The first-order valence-corrected chi connectivity index (χ1v) is 10.1. The summed E-state index contributed by atoms with van der Waals surface area (Å²) in [7, 11) is 0. The molecule has 0 radical (unpaired) electrons. The van der Waals surface area contributed by atoms with Gasteiger partial charge in [0.2, 0.25) is 23.6 Å². The quantitative estimate of drug-likeness (QED) is 0.631. The summed E-state index contributed by atoms with van der Waals surface area (Å²) in [5, 5.41) is 6.49. The number of carbonyl (C=O) groups excluding carboxylic acids is 4. The topological polar surface area (TPSA) is 122 Å². The molecular formula is C20H23ClN4O4. The number of halogens is 1. The fraction of sp³-hybridized carbons (Fsp3) is 0.500. The van der Waals surface area contributed by atoms with Crippen LogP contribution < -0.4 is 16.4 Å². The van der Waals surface area contributed by atoms with Gasteiger partial charge in [-0.2, -0.15) is 0 Å². The van der Waals surface area contributed by atoms with Crippen molar-refractivity contribution in [3.8, 4) is 0 Å². The smallest absolute Gasteiger partial charge is 0.250 e. The molecule has 2 fully saturated rings. The molecule has 29 heavy (non-hydrogen) atoms. The molecule has 4 N–H and O–H groups in total. The molecule has 3 aliphatic rings. The number of nitrogens with zero attached hydrogens (tertiary/aromatic N) is 1. The highest BCUT2D eigenvalue weighted by Crippen LogP contribution is 2.54. The van der Waals surface area contributed by atoms with E-state index >= 15 is 0 Å². The number of hydrogen-bond donors (Lipinski definition) is 3. The average Bonchev–Trinajstić information content (AvgIpc) is 3.23. The lowest BCUT2D eigenvalue weighted by atomic mass is 9.76. The van der Waals surface area contributed by atoms with Gasteiger partial charge in [-0.25, -0.2) is 0 Å². The van der Waals surface area contributed by atoms with Crippen LogP contribution in [0.5, 0.6) is 0 Å². The van der Waals surface area contributed by atoms with Crippen molar-refractivity contribution in [2.75, 3.05) is 5.32 Å². The van der Waals surface area contributed by atoms with Gasteiger partial charge in [0.25, 0.3) is 0 Å². The molecule has 0 aliphatic carbocycles. The summed E-state index contributed by atoms with van der Waals surface area (Å²) in [6, 6.07) is 2.35. The van der Waals surface area contributed by atoms with Gasteiger partial charge in [-0.1, -0.05) is 24.6 Å². The molecule has 8 nitrogen and oxygen atoms in total. The van der Waals surface area contributed by atoms with Gasteiger partial charge in [0, 0.05) is 29.1 Å². The van der Waals surface area contributed by atoms with E-state index in [-0.39, 0.29) is 18.4 Å². The largest absolute Gasteiger partial charge is 0.370 e. The first-order chi connectivity index (χ1) is 13.6. The molecule has 1 aromatic rings. The predicted octanol–water partition coefficient (Wildman–Crippen LogP) is 1.04. The molecule has 3 aliphatic heterocycles. The Kier molecular flexibility index (Phi) is 4.47. The van der Waals surface area contributed by atoms with E-state index in [2.05, 4.69) is 10.6 Å². The first-order valence-electron chi connectivity index (χ1n) is 9.69. The highest BCUT2D eigenvalue weighted by Gasteiger charge is 2.70. The van der Waals surface area contributed by atoms with Crippen molar-refractivity contribution in [1.82, 2.24) is 10.2 Å². The van der Waals surface area contributed by atoms with E-state index in [1.54, 1.807) is 26.0 Å². The van der Waals surface area contributed by atoms with Crippen molar-refractivity contribution >= 4 is 40.9 Å². The second-order valence-electron chi connectivity index (χ2n) is 8.09. The second kappa shape index (κ2) is 6.53. The molecule has 4 amide bonds. The summed E-state index contributed by atoms with van der Waals surface area (Å²) in [5.41, 5.74) is 5.76. The van der Waals surface area contributed by atoms with Crippen molar-refractivity contribution in [3.05, 3.63) is 28.3 Å². The lowest BCUT2D eigenvalue weighted by Crippen LogP contribution is -2.54. The Balaban J connectivity index is 1.91. The number of rotatable bonds is 4. The third-order valence-corrected chi connectivity index (χ3v) is 6.98. The number of carbonyl (C=O) groups is 4. The SMILES string of the molecule is CCC(C)N1C(=O)C2C(CC(N)=O)NC3(C(=O)Nc4c3ccc(Cl)c4C)C2C1=O. The Morgan fingerprint density at radius 3 is 2.62 bits per heavy atom. The Labute approximate surface area is 173 Å². The fourth-order valence-corrected chi connectivity index (χ4v) is 5.18. The van der Waals surface area contributed by atoms with Crippen LogP contribution in [0.2, 0.25) is 5.02 Å². The van der Waals surface area contributed by atoms with Gasteiger partial charge in [0.1, 0.15) is 5.54 Å². The monoisotopic (exact) mass is 418 g/mol. The summed E-state index contributed by atoms with van der Waals surface area (Å²) < 4.78 is 0. The molecule has 5 unspecified atom stereocenters. The van der Waals surface area contributed by atoms with Crippen LogP contribution in [-0.4, -0.2) is 40.6 Å². The summed E-state index contributed by atoms with van der Waals surface area (Å²) >= 11 is 6.22. The minimum atomic E-state index is -1.44. The van der Waals surface area contributed by atoms with E-state index in [0.717, 1.165) is 0 Å². The van der Waals surface area contributed by atoms with Crippen molar-refractivity contribution in [2.45, 2.75) is 51.2 Å². The van der Waals surface area contributed by atoms with Gasteiger partial charge < -0.3 is 11.1 Å². The maximum atomic E-state index is 13.4. The van der Waals surface area contributed by atoms with Gasteiger partial charge in [-0.05, 0) is 31.9 Å². The molecule has 9 heteroatoms. The predicted molar refractivity (Wildman–Crippen MR) is 106 cm³/mol. The lowest BCUT2D eigenvalue weighted by Gasteiger charge is -2.31. The van der Waals surface area contributed by atoms with Crippen LogP contribution in [0.25, 0.3) is 0 Å². The lowest BCUT2D eigenvalue weighted by molar-refractivity contribution is -0.145. The molecule has 5 atom stereocenters. The van der Waals surface area contributed by atoms with E-state index in [1.807, 2.05) is 6.92 Å². The minimum Gasteiger partial charge on any atom is -0.370 e. The number of primary amides is 1. The molecule has 3 heterocycles. The van der Waals surface area contributed by atoms with Crippen molar-refractivity contribution in [2.24, 2.45) is 17.6 Å². The number of imide groups is 1. The third-order valence-electron chi connectivity index (χ3n) is 6.57. The van der Waals surface area contributed by atoms with Crippen LogP contribution in [-0.2, 0) is 24.7 Å². The standard InChI is InChI=1S/C20H23ClN4O4/c1-4-8(2)25-17(27)14-12(7-13(22)26)24-20(15(14)18(25)28)10-5-6-11(21)9(3)16(10)23-19(20)29/h5-6,8,12,14-15,24H,4,7H2,1-3H3,(H2,22,26)(H,23,29). The first kappa shape index (κ1) is 19.8. The fourth-order valence-electron chi connectivity index (χ4n) is 5.02. The van der Waals surface area contributed by atoms with E-state index in [1.165, 1.54) is 4.90 Å². The summed E-state index contributed by atoms with van der Waals surface area (Å²) in [5.74, 6) is -3.58. The number of nitrogens with one attached hydrogen (secondary N) is 2. The van der Waals surface area contributed by atoms with Crippen LogP contribution in [0, 0.1) is 18.8 Å². The van der Waals surface area contributed by atoms with Gasteiger partial charge in [0.05, 0.1) is 17.5 Å². The molecule has 4 rings (SSSR count). The molecule has 1 spiro atoms. The number of fused-ring (bicyclic) bond motifs is 4. The molecule has 0 bridgehead atoms. The van der Waals surface area contributed by atoms with Crippen molar-refractivity contribution < 1.29 is 19.2 Å². The van der Waals surface area contributed by atoms with E-state index < -0.39 is 41.1 Å². The number of hydrogen-bond acceptors (Lipinski definition) is 5. The number of benzene rings is 1. The Morgan fingerprint density at radius 2 is 2.00 bits per heavy atom. The van der Waals surface area contributed by atoms with Gasteiger partial charge in [-0.3, -0.25) is 29.4 Å². The van der Waals surface area contributed by atoms with Crippen molar-refractivity contribution in [3.63, 3.8) is 0 Å². The van der Waals surface area contributed by atoms with E-state index in [4.69, 9.17) is 17.3 Å². The Morgan fingerprint density at radius 1 is 1.31 bits per heavy atom. The normalized spacial score (nSPS) is 31.2. The summed E-state index contributed by atoms with van der Waals surface area (Å²) in [6.07, 6.45) is 0.445. The maximum Gasteiger partial charge on any atom is 0.250 e. The number of amides is 4.